The molecule has 15 aromatic carbocycles. The number of benzene rings is 15. The SMILES string of the molecule is c1ccc2c(c1)c1cc3c4cccc5c6ccccc6n(c3cc1c1cc3c(cc21)c1ccc(-c2cccc6c2c2cccc7c8c9ccc%10c(ccc%11c%10c%10cccc%12c%13ccccc%13n%11c%12%10)c9ccc8n6c27)c2c6ccccc6n3c12)c54. The van der Waals surface area contributed by atoms with Crippen molar-refractivity contribution in [1.29, 1.82) is 0 Å². The van der Waals surface area contributed by atoms with E-state index in [2.05, 4.69) is 260 Å². The minimum absolute atomic E-state index is 1.23. The summed E-state index contributed by atoms with van der Waals surface area (Å²) < 4.78 is 10.2. The van der Waals surface area contributed by atoms with Gasteiger partial charge in [0.25, 0.3) is 0 Å². The average molecular weight is 1060 g/mol. The van der Waals surface area contributed by atoms with E-state index in [0.717, 1.165) is 0 Å². The van der Waals surface area contributed by atoms with E-state index in [1.54, 1.807) is 0 Å². The molecular formula is C80H40N4. The maximum absolute atomic E-state index is 2.59. The molecule has 0 radical (unpaired) electrons. The van der Waals surface area contributed by atoms with Crippen LogP contribution >= 0.6 is 0 Å². The molecule has 0 saturated carbocycles. The topological polar surface area (TPSA) is 17.6 Å². The Morgan fingerprint density at radius 3 is 1.07 bits per heavy atom. The maximum atomic E-state index is 2.59. The van der Waals surface area contributed by atoms with Gasteiger partial charge in [-0.1, -0.05) is 182 Å². The van der Waals surface area contributed by atoms with E-state index in [1.807, 2.05) is 0 Å². The molecule has 4 heteroatoms. The van der Waals surface area contributed by atoms with Crippen LogP contribution in [0, 0.1) is 0 Å². The first-order valence-corrected chi connectivity index (χ1v) is 29.4. The van der Waals surface area contributed by atoms with Crippen molar-refractivity contribution in [2.45, 2.75) is 0 Å². The smallest absolute Gasteiger partial charge is 0.0626 e. The Bertz CT molecular complexity index is 7020. The van der Waals surface area contributed by atoms with Gasteiger partial charge in [0.2, 0.25) is 0 Å². The second kappa shape index (κ2) is 13.9. The quantitative estimate of drug-likeness (QED) is 0.146. The van der Waals surface area contributed by atoms with Gasteiger partial charge in [-0.15, -0.1) is 0 Å². The molecule has 0 amide bonds. The van der Waals surface area contributed by atoms with Gasteiger partial charge >= 0.3 is 0 Å². The third-order valence-corrected chi connectivity index (χ3v) is 20.6. The summed E-state index contributed by atoms with van der Waals surface area (Å²) in [7, 11) is 0. The van der Waals surface area contributed by atoms with Crippen molar-refractivity contribution in [3.63, 3.8) is 0 Å². The second-order valence-electron chi connectivity index (χ2n) is 24.1. The van der Waals surface area contributed by atoms with Gasteiger partial charge in [-0.3, -0.25) is 0 Å². The van der Waals surface area contributed by atoms with Crippen LogP contribution in [0.15, 0.2) is 243 Å². The zero-order valence-electron chi connectivity index (χ0n) is 44.9. The fourth-order valence-electron chi connectivity index (χ4n) is 17.5. The third-order valence-electron chi connectivity index (χ3n) is 20.6. The van der Waals surface area contributed by atoms with Crippen molar-refractivity contribution < 1.29 is 0 Å². The molecule has 0 bridgehead atoms. The lowest BCUT2D eigenvalue weighted by Crippen LogP contribution is -1.87. The molecular weight excluding hydrogens is 1020 g/mol. The van der Waals surface area contributed by atoms with Gasteiger partial charge in [-0.25, -0.2) is 0 Å². The molecule has 380 valence electrons. The molecule has 0 saturated heterocycles. The number of hydrogen-bond acceptors (Lipinski definition) is 0. The predicted octanol–water partition coefficient (Wildman–Crippen LogP) is 21.7. The summed E-state index contributed by atoms with van der Waals surface area (Å²) in [5, 5.41) is 33.8. The molecule has 23 aromatic rings. The molecule has 0 unspecified atom stereocenters. The normalized spacial score (nSPS) is 13.2. The lowest BCUT2D eigenvalue weighted by Gasteiger charge is -2.12. The molecule has 0 fully saturated rings. The number of rotatable bonds is 1. The highest BCUT2D eigenvalue weighted by Gasteiger charge is 2.28. The van der Waals surface area contributed by atoms with E-state index < -0.39 is 0 Å². The van der Waals surface area contributed by atoms with E-state index in [-0.39, 0.29) is 0 Å². The summed E-state index contributed by atoms with van der Waals surface area (Å²) in [6.07, 6.45) is 0. The van der Waals surface area contributed by atoms with Crippen molar-refractivity contribution in [1.82, 2.24) is 17.6 Å². The minimum atomic E-state index is 1.23. The Morgan fingerprint density at radius 2 is 0.476 bits per heavy atom. The summed E-state index contributed by atoms with van der Waals surface area (Å²) in [5.74, 6) is 0. The highest BCUT2D eigenvalue weighted by molar-refractivity contribution is 6.38. The number of fused-ring (bicyclic) bond motifs is 35. The fraction of sp³-hybridized carbons (Fsp3) is 0. The Kier molecular flexibility index (Phi) is 6.92. The van der Waals surface area contributed by atoms with Crippen LogP contribution in [0.25, 0.3) is 217 Å². The third kappa shape index (κ3) is 4.50. The summed E-state index contributed by atoms with van der Waals surface area (Å²) in [4.78, 5) is 0. The summed E-state index contributed by atoms with van der Waals surface area (Å²) in [6.45, 7) is 0. The highest BCUT2D eigenvalue weighted by Crippen LogP contribution is 2.52. The monoisotopic (exact) mass is 1060 g/mol. The van der Waals surface area contributed by atoms with Gasteiger partial charge in [0.05, 0.1) is 66.2 Å². The van der Waals surface area contributed by atoms with Crippen LogP contribution in [0.3, 0.4) is 0 Å². The van der Waals surface area contributed by atoms with E-state index in [1.165, 1.54) is 217 Å². The van der Waals surface area contributed by atoms with Gasteiger partial charge in [0.15, 0.2) is 0 Å². The van der Waals surface area contributed by atoms with Crippen LogP contribution in [-0.2, 0) is 0 Å². The van der Waals surface area contributed by atoms with Crippen molar-refractivity contribution in [2.24, 2.45) is 0 Å². The molecule has 0 aliphatic rings. The maximum Gasteiger partial charge on any atom is 0.0626 e. The highest BCUT2D eigenvalue weighted by atomic mass is 14.9. The molecule has 84 heavy (non-hydrogen) atoms. The molecule has 0 atom stereocenters. The first kappa shape index (κ1) is 41.8. The van der Waals surface area contributed by atoms with Crippen molar-refractivity contribution in [2.75, 3.05) is 0 Å². The lowest BCUT2D eigenvalue weighted by atomic mass is 9.91. The van der Waals surface area contributed by atoms with Crippen molar-refractivity contribution in [3.8, 4) is 11.1 Å². The van der Waals surface area contributed by atoms with Crippen LogP contribution < -0.4 is 0 Å². The first-order chi connectivity index (χ1) is 41.7. The van der Waals surface area contributed by atoms with E-state index in [9.17, 15) is 0 Å². The summed E-state index contributed by atoms with van der Waals surface area (Å²) in [6, 6.07) is 93.0. The number of hydrogen-bond donors (Lipinski definition) is 0. The standard InChI is InChI=1S/C80H40N4/c1-2-14-42-41(13-1)59-37-63-53-21-9-19-51-45-15-4-7-26-66(45)82(77(51)53)71(63)39-61(59)62-40-72-64(38-60(42)62)54-32-31-50(76-55-17-5-8-27-67(55)83(72)80(54)76)47-18-12-28-68-73(47)57-23-11-24-58-75-49-30-29-48-43(44(49)34-36-70(75)84(68)79(57)58)33-35-69-74(48)56-22-10-20-52-46-16-3-6-25-65(46)81(69)78(52)56/h1-40H. The van der Waals surface area contributed by atoms with Crippen molar-refractivity contribution >= 4 is 206 Å². The van der Waals surface area contributed by atoms with Crippen molar-refractivity contribution in [3.05, 3.63) is 243 Å². The summed E-state index contributed by atoms with van der Waals surface area (Å²) in [5.41, 5.74) is 17.7. The van der Waals surface area contributed by atoms with Crippen LogP contribution in [0.1, 0.15) is 0 Å². The van der Waals surface area contributed by atoms with Gasteiger partial charge in [-0.05, 0) is 126 Å². The molecule has 23 rings (SSSR count). The molecule has 0 spiro atoms. The second-order valence-corrected chi connectivity index (χ2v) is 24.1. The molecule has 8 aromatic heterocycles. The average Bonchev–Trinajstić information content (AvgIpc) is 1.74. The number of aromatic nitrogens is 4. The number of nitrogens with zero attached hydrogens (tertiary/aromatic N) is 4. The lowest BCUT2D eigenvalue weighted by molar-refractivity contribution is 1.37. The fourth-order valence-corrected chi connectivity index (χ4v) is 17.5. The zero-order valence-corrected chi connectivity index (χ0v) is 44.9. The van der Waals surface area contributed by atoms with Crippen LogP contribution in [0.2, 0.25) is 0 Å². The predicted molar refractivity (Wildman–Crippen MR) is 358 cm³/mol. The Balaban J connectivity index is 0.774. The molecule has 0 N–H and O–H groups in total. The van der Waals surface area contributed by atoms with E-state index >= 15 is 0 Å². The van der Waals surface area contributed by atoms with Gasteiger partial charge in [0, 0.05) is 86.2 Å². The van der Waals surface area contributed by atoms with E-state index in [0.29, 0.717) is 0 Å². The Hall–Kier alpha value is -11.2. The summed E-state index contributed by atoms with van der Waals surface area (Å²) >= 11 is 0. The molecule has 4 nitrogen and oxygen atoms in total. The number of para-hydroxylation sites is 6. The molecule has 8 heterocycles. The van der Waals surface area contributed by atoms with Crippen LogP contribution in [0.5, 0.6) is 0 Å². The van der Waals surface area contributed by atoms with Crippen LogP contribution in [-0.4, -0.2) is 17.6 Å². The largest absolute Gasteiger partial charge is 0.308 e. The first-order valence-electron chi connectivity index (χ1n) is 29.4. The van der Waals surface area contributed by atoms with Gasteiger partial charge in [0.1, 0.15) is 0 Å². The Labute approximate surface area is 474 Å². The Morgan fingerprint density at radius 1 is 0.143 bits per heavy atom. The van der Waals surface area contributed by atoms with Gasteiger partial charge < -0.3 is 17.6 Å². The molecule has 0 aliphatic carbocycles. The van der Waals surface area contributed by atoms with Crippen LogP contribution in [0.4, 0.5) is 0 Å². The zero-order chi connectivity index (χ0) is 53.7. The minimum Gasteiger partial charge on any atom is -0.308 e. The van der Waals surface area contributed by atoms with Gasteiger partial charge in [-0.2, -0.15) is 0 Å². The van der Waals surface area contributed by atoms with E-state index in [4.69, 9.17) is 0 Å². The molecule has 0 aliphatic heterocycles.